The molecule has 0 spiro atoms. The number of nitrogens with two attached hydrogens (primary N) is 1. The summed E-state index contributed by atoms with van der Waals surface area (Å²) in [6, 6.07) is 0. The van der Waals surface area contributed by atoms with Crippen molar-refractivity contribution in [2.24, 2.45) is 0 Å². The van der Waals surface area contributed by atoms with E-state index in [0.29, 0.717) is 17.1 Å². The van der Waals surface area contributed by atoms with Crippen LogP contribution >= 0.6 is 23.1 Å². The van der Waals surface area contributed by atoms with Crippen LogP contribution in [0.1, 0.15) is 29.4 Å². The van der Waals surface area contributed by atoms with Crippen molar-refractivity contribution in [2.45, 2.75) is 24.7 Å². The number of thiophene rings is 1. The second-order valence-corrected chi connectivity index (χ2v) is 6.05. The molecule has 1 aliphatic rings. The molecule has 6 heteroatoms. The highest BCUT2D eigenvalue weighted by Crippen LogP contribution is 2.44. The average Bonchev–Trinajstić information content (AvgIpc) is 2.96. The molecule has 1 aromatic heterocycles. The van der Waals surface area contributed by atoms with E-state index in [9.17, 15) is 4.79 Å². The third-order valence-electron chi connectivity index (χ3n) is 3.02. The SMILES string of the molecule is CCNC(=O)c1sc(N2CCCC2)c(SC)c1N. The molecule has 0 atom stereocenters. The largest absolute Gasteiger partial charge is 0.396 e. The quantitative estimate of drug-likeness (QED) is 0.834. The van der Waals surface area contributed by atoms with Crippen LogP contribution in [-0.2, 0) is 0 Å². The standard InChI is InChI=1S/C12H19N3OS2/c1-3-14-11(16)9-8(13)10(17-2)12(18-9)15-6-4-5-7-15/h3-7,13H2,1-2H3,(H,14,16). The summed E-state index contributed by atoms with van der Waals surface area (Å²) in [5, 5.41) is 3.99. The number of thioether (sulfide) groups is 1. The normalized spacial score (nSPS) is 15.1. The van der Waals surface area contributed by atoms with E-state index in [4.69, 9.17) is 5.73 Å². The maximum atomic E-state index is 12.0. The molecule has 0 saturated carbocycles. The fraction of sp³-hybridized carbons (Fsp3) is 0.583. The molecule has 1 aliphatic heterocycles. The van der Waals surface area contributed by atoms with Crippen LogP contribution in [0.5, 0.6) is 0 Å². The Hall–Kier alpha value is -0.880. The lowest BCUT2D eigenvalue weighted by atomic mass is 10.3. The number of nitrogen functional groups attached to an aromatic ring is 1. The first kappa shape index (κ1) is 13.5. The van der Waals surface area contributed by atoms with Crippen molar-refractivity contribution < 1.29 is 4.79 Å². The lowest BCUT2D eigenvalue weighted by Gasteiger charge is -2.16. The van der Waals surface area contributed by atoms with Gasteiger partial charge >= 0.3 is 0 Å². The summed E-state index contributed by atoms with van der Waals surface area (Å²) in [7, 11) is 0. The minimum atomic E-state index is -0.0549. The van der Waals surface area contributed by atoms with Crippen molar-refractivity contribution >= 4 is 39.7 Å². The molecule has 0 bridgehead atoms. The number of rotatable bonds is 4. The van der Waals surface area contributed by atoms with Gasteiger partial charge in [0.05, 0.1) is 10.6 Å². The first-order valence-corrected chi connectivity index (χ1v) is 8.22. The van der Waals surface area contributed by atoms with Crippen LogP contribution in [0.3, 0.4) is 0 Å². The molecule has 100 valence electrons. The van der Waals surface area contributed by atoms with Gasteiger partial charge in [-0.15, -0.1) is 23.1 Å². The van der Waals surface area contributed by atoms with E-state index >= 15 is 0 Å². The summed E-state index contributed by atoms with van der Waals surface area (Å²) < 4.78 is 0. The number of amides is 1. The minimum absolute atomic E-state index is 0.0549. The predicted octanol–water partition coefficient (Wildman–Crippen LogP) is 2.40. The van der Waals surface area contributed by atoms with Crippen LogP contribution in [-0.4, -0.2) is 31.8 Å². The molecule has 0 aliphatic carbocycles. The Morgan fingerprint density at radius 3 is 2.72 bits per heavy atom. The summed E-state index contributed by atoms with van der Waals surface area (Å²) in [6.45, 7) is 4.69. The Morgan fingerprint density at radius 2 is 2.17 bits per heavy atom. The van der Waals surface area contributed by atoms with E-state index < -0.39 is 0 Å². The number of hydrogen-bond donors (Lipinski definition) is 2. The Morgan fingerprint density at radius 1 is 1.50 bits per heavy atom. The van der Waals surface area contributed by atoms with Gasteiger partial charge in [0.1, 0.15) is 9.88 Å². The van der Waals surface area contributed by atoms with Gasteiger partial charge in [-0.1, -0.05) is 0 Å². The second kappa shape index (κ2) is 5.84. The van der Waals surface area contributed by atoms with E-state index in [-0.39, 0.29) is 5.91 Å². The molecule has 4 nitrogen and oxygen atoms in total. The van der Waals surface area contributed by atoms with Crippen LogP contribution in [0.15, 0.2) is 4.90 Å². The highest BCUT2D eigenvalue weighted by molar-refractivity contribution is 7.99. The molecule has 1 aromatic rings. The molecule has 2 heterocycles. The zero-order chi connectivity index (χ0) is 13.1. The topological polar surface area (TPSA) is 58.4 Å². The van der Waals surface area contributed by atoms with Crippen LogP contribution in [0.2, 0.25) is 0 Å². The van der Waals surface area contributed by atoms with Crippen LogP contribution in [0, 0.1) is 0 Å². The Kier molecular flexibility index (Phi) is 4.40. The van der Waals surface area contributed by atoms with Gasteiger partial charge in [-0.2, -0.15) is 0 Å². The zero-order valence-corrected chi connectivity index (χ0v) is 12.4. The Balaban J connectivity index is 2.34. The summed E-state index contributed by atoms with van der Waals surface area (Å²) in [4.78, 5) is 16.0. The number of nitrogens with one attached hydrogen (secondary N) is 1. The van der Waals surface area contributed by atoms with Gasteiger partial charge < -0.3 is 16.0 Å². The summed E-state index contributed by atoms with van der Waals surface area (Å²) in [6.07, 6.45) is 4.46. The third kappa shape index (κ3) is 2.44. The van der Waals surface area contributed by atoms with Gasteiger partial charge in [0.2, 0.25) is 0 Å². The molecular weight excluding hydrogens is 266 g/mol. The molecular formula is C12H19N3OS2. The first-order valence-electron chi connectivity index (χ1n) is 6.18. The van der Waals surface area contributed by atoms with Gasteiger partial charge in [0.15, 0.2) is 0 Å². The Bertz CT molecular complexity index is 439. The van der Waals surface area contributed by atoms with Crippen molar-refractivity contribution in [2.75, 3.05) is 36.5 Å². The summed E-state index contributed by atoms with van der Waals surface area (Å²) in [5.74, 6) is -0.0549. The number of hydrogen-bond acceptors (Lipinski definition) is 5. The number of nitrogens with zero attached hydrogens (tertiary/aromatic N) is 1. The third-order valence-corrected chi connectivity index (χ3v) is 5.24. The summed E-state index contributed by atoms with van der Waals surface area (Å²) >= 11 is 3.15. The predicted molar refractivity (Wildman–Crippen MR) is 80.0 cm³/mol. The lowest BCUT2D eigenvalue weighted by Crippen LogP contribution is -2.22. The first-order chi connectivity index (χ1) is 8.69. The number of carbonyl (C=O) groups is 1. The average molecular weight is 285 g/mol. The molecule has 3 N–H and O–H groups in total. The highest BCUT2D eigenvalue weighted by atomic mass is 32.2. The highest BCUT2D eigenvalue weighted by Gasteiger charge is 2.25. The van der Waals surface area contributed by atoms with Gasteiger partial charge in [-0.05, 0) is 26.0 Å². The van der Waals surface area contributed by atoms with Gasteiger partial charge in [0.25, 0.3) is 5.91 Å². The summed E-state index contributed by atoms with van der Waals surface area (Å²) in [5.41, 5.74) is 6.75. The molecule has 0 unspecified atom stereocenters. The van der Waals surface area contributed by atoms with Gasteiger partial charge in [0, 0.05) is 19.6 Å². The van der Waals surface area contributed by atoms with Crippen molar-refractivity contribution in [1.29, 1.82) is 0 Å². The van der Waals surface area contributed by atoms with E-state index in [1.54, 1.807) is 11.8 Å². The van der Waals surface area contributed by atoms with E-state index in [2.05, 4.69) is 10.2 Å². The maximum Gasteiger partial charge on any atom is 0.263 e. The molecule has 1 saturated heterocycles. The van der Waals surface area contributed by atoms with E-state index in [0.717, 1.165) is 18.0 Å². The molecule has 1 amide bonds. The lowest BCUT2D eigenvalue weighted by molar-refractivity contribution is 0.0960. The van der Waals surface area contributed by atoms with Crippen molar-refractivity contribution in [3.05, 3.63) is 4.88 Å². The van der Waals surface area contributed by atoms with Crippen LogP contribution in [0.4, 0.5) is 10.7 Å². The van der Waals surface area contributed by atoms with E-state index in [1.807, 2.05) is 13.2 Å². The maximum absolute atomic E-state index is 12.0. The minimum Gasteiger partial charge on any atom is -0.396 e. The Labute approximate surface area is 116 Å². The van der Waals surface area contributed by atoms with Crippen molar-refractivity contribution in [3.63, 3.8) is 0 Å². The van der Waals surface area contributed by atoms with Crippen LogP contribution < -0.4 is 16.0 Å². The van der Waals surface area contributed by atoms with E-state index in [1.165, 1.54) is 29.2 Å². The molecule has 0 radical (unpaired) electrons. The number of carbonyl (C=O) groups excluding carboxylic acids is 1. The smallest absolute Gasteiger partial charge is 0.263 e. The molecule has 2 rings (SSSR count). The second-order valence-electron chi connectivity index (χ2n) is 4.24. The van der Waals surface area contributed by atoms with Gasteiger partial charge in [-0.25, -0.2) is 0 Å². The fourth-order valence-electron chi connectivity index (χ4n) is 2.15. The molecule has 18 heavy (non-hydrogen) atoms. The molecule has 0 aromatic carbocycles. The zero-order valence-electron chi connectivity index (χ0n) is 10.8. The molecule has 1 fully saturated rings. The monoisotopic (exact) mass is 285 g/mol. The van der Waals surface area contributed by atoms with Gasteiger partial charge in [-0.3, -0.25) is 4.79 Å². The number of anilines is 2. The van der Waals surface area contributed by atoms with Crippen molar-refractivity contribution in [3.8, 4) is 0 Å². The van der Waals surface area contributed by atoms with Crippen molar-refractivity contribution in [1.82, 2.24) is 5.32 Å². The fourth-order valence-corrected chi connectivity index (χ4v) is 4.30. The van der Waals surface area contributed by atoms with Crippen LogP contribution in [0.25, 0.3) is 0 Å².